The number of hydrogen-bond acceptors (Lipinski definition) is 5. The van der Waals surface area contributed by atoms with Gasteiger partial charge in [0.15, 0.2) is 0 Å². The second kappa shape index (κ2) is 6.41. The quantitative estimate of drug-likeness (QED) is 0.515. The fourth-order valence-electron chi connectivity index (χ4n) is 1.04. The van der Waals surface area contributed by atoms with Crippen LogP contribution in [0.2, 0.25) is 0 Å². The number of hydrogen-bond donors (Lipinski definition) is 3. The summed E-state index contributed by atoms with van der Waals surface area (Å²) in [5.74, 6) is -1.78. The Morgan fingerprint density at radius 1 is 1.33 bits per heavy atom. The Labute approximate surface area is 103 Å². The highest BCUT2D eigenvalue weighted by atomic mass is 16.5. The molecule has 0 spiro atoms. The molecule has 1 atom stereocenters. The third kappa shape index (κ3) is 4.67. The number of phenolic OH excluding ortho intramolecular Hbond substituents is 1. The molecule has 0 heterocycles. The molecule has 1 aromatic carbocycles. The summed E-state index contributed by atoms with van der Waals surface area (Å²) in [7, 11) is 0. The number of aromatic hydroxyl groups is 1. The van der Waals surface area contributed by atoms with E-state index < -0.39 is 18.0 Å². The summed E-state index contributed by atoms with van der Waals surface area (Å²) in [6.07, 6.45) is 2.63. The predicted molar refractivity (Wildman–Crippen MR) is 63.7 cm³/mol. The van der Waals surface area contributed by atoms with E-state index in [1.807, 2.05) is 0 Å². The largest absolute Gasteiger partial charge is 0.508 e. The van der Waals surface area contributed by atoms with Crippen LogP contribution < -0.4 is 5.73 Å². The maximum atomic E-state index is 11.2. The zero-order valence-corrected chi connectivity index (χ0v) is 9.45. The molecule has 1 rings (SSSR count). The summed E-state index contributed by atoms with van der Waals surface area (Å²) in [6, 6.07) is 4.96. The van der Waals surface area contributed by atoms with Crippen molar-refractivity contribution < 1.29 is 24.5 Å². The molecule has 0 fully saturated rings. The van der Waals surface area contributed by atoms with E-state index in [0.717, 1.165) is 6.08 Å². The molecular weight excluding hydrogens is 238 g/mol. The summed E-state index contributed by atoms with van der Waals surface area (Å²) in [5.41, 5.74) is 5.86. The van der Waals surface area contributed by atoms with Crippen LogP contribution in [-0.4, -0.2) is 34.8 Å². The van der Waals surface area contributed by atoms with Gasteiger partial charge < -0.3 is 20.7 Å². The van der Waals surface area contributed by atoms with Gasteiger partial charge in [-0.15, -0.1) is 0 Å². The summed E-state index contributed by atoms with van der Waals surface area (Å²) in [4.78, 5) is 21.6. The average molecular weight is 251 g/mol. The van der Waals surface area contributed by atoms with E-state index in [-0.39, 0.29) is 12.4 Å². The van der Waals surface area contributed by atoms with E-state index in [0.29, 0.717) is 5.56 Å². The SMILES string of the molecule is N[C@@H](COC(=O)/C=C/c1ccc(O)cc1)C(=O)O. The van der Waals surface area contributed by atoms with Gasteiger partial charge in [-0.05, 0) is 23.8 Å². The number of carbonyl (C=O) groups excluding carboxylic acids is 1. The molecule has 0 saturated heterocycles. The summed E-state index contributed by atoms with van der Waals surface area (Å²) in [5, 5.41) is 17.5. The minimum Gasteiger partial charge on any atom is -0.508 e. The molecule has 0 aromatic heterocycles. The summed E-state index contributed by atoms with van der Waals surface area (Å²) in [6.45, 7) is -0.381. The van der Waals surface area contributed by atoms with Crippen molar-refractivity contribution in [2.75, 3.05) is 6.61 Å². The standard InChI is InChI=1S/C12H13NO5/c13-10(12(16)17)7-18-11(15)6-3-8-1-4-9(14)5-2-8/h1-6,10,14H,7,13H2,(H,16,17)/b6-3+/t10-/m0/s1. The smallest absolute Gasteiger partial charge is 0.330 e. The molecule has 96 valence electrons. The van der Waals surface area contributed by atoms with Crippen molar-refractivity contribution >= 4 is 18.0 Å². The van der Waals surface area contributed by atoms with Gasteiger partial charge in [0.05, 0.1) is 0 Å². The number of nitrogens with two attached hydrogens (primary N) is 1. The van der Waals surface area contributed by atoms with Crippen molar-refractivity contribution in [2.45, 2.75) is 6.04 Å². The highest BCUT2D eigenvalue weighted by molar-refractivity contribution is 5.87. The molecule has 0 unspecified atom stereocenters. The van der Waals surface area contributed by atoms with Gasteiger partial charge in [-0.1, -0.05) is 12.1 Å². The van der Waals surface area contributed by atoms with Crippen molar-refractivity contribution in [3.63, 3.8) is 0 Å². The van der Waals surface area contributed by atoms with Crippen LogP contribution in [0, 0.1) is 0 Å². The second-order valence-electron chi connectivity index (χ2n) is 3.50. The lowest BCUT2D eigenvalue weighted by atomic mass is 10.2. The molecule has 0 radical (unpaired) electrons. The molecule has 1 aromatic rings. The van der Waals surface area contributed by atoms with Gasteiger partial charge in [0.25, 0.3) is 0 Å². The predicted octanol–water partition coefficient (Wildman–Crippen LogP) is 0.360. The zero-order chi connectivity index (χ0) is 13.5. The number of esters is 1. The van der Waals surface area contributed by atoms with Gasteiger partial charge >= 0.3 is 11.9 Å². The monoisotopic (exact) mass is 251 g/mol. The topological polar surface area (TPSA) is 110 Å². The summed E-state index contributed by atoms with van der Waals surface area (Å²) < 4.78 is 4.63. The van der Waals surface area contributed by atoms with Crippen LogP contribution >= 0.6 is 0 Å². The first-order chi connectivity index (χ1) is 8.49. The van der Waals surface area contributed by atoms with E-state index in [1.54, 1.807) is 12.1 Å². The number of carboxylic acid groups (broad SMARTS) is 1. The van der Waals surface area contributed by atoms with Gasteiger partial charge in [-0.3, -0.25) is 4.79 Å². The Kier molecular flexibility index (Phi) is 4.89. The molecule has 4 N–H and O–H groups in total. The normalized spacial score (nSPS) is 12.3. The number of aliphatic carboxylic acids is 1. The van der Waals surface area contributed by atoms with Crippen molar-refractivity contribution in [1.29, 1.82) is 0 Å². The molecule has 0 saturated carbocycles. The Morgan fingerprint density at radius 3 is 2.50 bits per heavy atom. The zero-order valence-electron chi connectivity index (χ0n) is 9.45. The Bertz CT molecular complexity index is 452. The van der Waals surface area contributed by atoms with Crippen molar-refractivity contribution in [1.82, 2.24) is 0 Å². The lowest BCUT2D eigenvalue weighted by molar-refractivity contribution is -0.144. The minimum atomic E-state index is -1.23. The Balaban J connectivity index is 2.45. The van der Waals surface area contributed by atoms with E-state index in [1.165, 1.54) is 18.2 Å². The van der Waals surface area contributed by atoms with Gasteiger partial charge in [-0.2, -0.15) is 0 Å². The first-order valence-corrected chi connectivity index (χ1v) is 5.11. The number of ether oxygens (including phenoxy) is 1. The van der Waals surface area contributed by atoms with E-state index in [9.17, 15) is 9.59 Å². The van der Waals surface area contributed by atoms with Gasteiger partial charge in [0.2, 0.25) is 0 Å². The molecule has 6 heteroatoms. The molecule has 6 nitrogen and oxygen atoms in total. The molecule has 0 aliphatic rings. The average Bonchev–Trinajstić information content (AvgIpc) is 2.35. The molecular formula is C12H13NO5. The highest BCUT2D eigenvalue weighted by Gasteiger charge is 2.12. The van der Waals surface area contributed by atoms with Crippen molar-refractivity contribution in [3.05, 3.63) is 35.9 Å². The second-order valence-corrected chi connectivity index (χ2v) is 3.50. The summed E-state index contributed by atoms with van der Waals surface area (Å²) >= 11 is 0. The van der Waals surface area contributed by atoms with Crippen LogP contribution in [0.4, 0.5) is 0 Å². The fourth-order valence-corrected chi connectivity index (χ4v) is 1.04. The van der Waals surface area contributed by atoms with Crippen LogP contribution in [0.15, 0.2) is 30.3 Å². The van der Waals surface area contributed by atoms with Crippen LogP contribution in [-0.2, 0) is 14.3 Å². The number of benzene rings is 1. The highest BCUT2D eigenvalue weighted by Crippen LogP contribution is 2.10. The molecule has 0 bridgehead atoms. The van der Waals surface area contributed by atoms with Crippen LogP contribution in [0.25, 0.3) is 6.08 Å². The lowest BCUT2D eigenvalue weighted by Gasteiger charge is -2.05. The lowest BCUT2D eigenvalue weighted by Crippen LogP contribution is -2.35. The third-order valence-corrected chi connectivity index (χ3v) is 2.03. The number of carboxylic acids is 1. The molecule has 0 aliphatic carbocycles. The minimum absolute atomic E-state index is 0.127. The third-order valence-electron chi connectivity index (χ3n) is 2.03. The van der Waals surface area contributed by atoms with Crippen LogP contribution in [0.3, 0.4) is 0 Å². The Hall–Kier alpha value is -2.34. The van der Waals surface area contributed by atoms with Crippen molar-refractivity contribution in [3.8, 4) is 5.75 Å². The van der Waals surface area contributed by atoms with Gasteiger partial charge in [-0.25, -0.2) is 4.79 Å². The molecule has 0 amide bonds. The van der Waals surface area contributed by atoms with E-state index >= 15 is 0 Å². The fraction of sp³-hybridized carbons (Fsp3) is 0.167. The maximum Gasteiger partial charge on any atom is 0.330 e. The first kappa shape index (κ1) is 13.7. The van der Waals surface area contributed by atoms with Gasteiger partial charge in [0.1, 0.15) is 18.4 Å². The maximum absolute atomic E-state index is 11.2. The van der Waals surface area contributed by atoms with Crippen LogP contribution in [0.5, 0.6) is 5.75 Å². The van der Waals surface area contributed by atoms with E-state index in [4.69, 9.17) is 15.9 Å². The number of carbonyl (C=O) groups is 2. The number of phenols is 1. The van der Waals surface area contributed by atoms with Gasteiger partial charge in [0, 0.05) is 6.08 Å². The Morgan fingerprint density at radius 2 is 1.94 bits per heavy atom. The van der Waals surface area contributed by atoms with Crippen LogP contribution in [0.1, 0.15) is 5.56 Å². The number of rotatable bonds is 5. The van der Waals surface area contributed by atoms with E-state index in [2.05, 4.69) is 4.74 Å². The molecule has 18 heavy (non-hydrogen) atoms. The van der Waals surface area contributed by atoms with Crippen molar-refractivity contribution in [2.24, 2.45) is 5.73 Å². The molecule has 0 aliphatic heterocycles. The first-order valence-electron chi connectivity index (χ1n) is 5.11.